The van der Waals surface area contributed by atoms with E-state index in [0.717, 1.165) is 19.4 Å². The molecule has 0 saturated carbocycles. The minimum atomic E-state index is 0.0463. The summed E-state index contributed by atoms with van der Waals surface area (Å²) in [6.07, 6.45) is 11.5. The molecule has 0 aromatic carbocycles. The van der Waals surface area contributed by atoms with Crippen LogP contribution in [-0.4, -0.2) is 37.4 Å². The molecule has 0 heterocycles. The second kappa shape index (κ2) is 16.4. The van der Waals surface area contributed by atoms with Gasteiger partial charge in [0.1, 0.15) is 0 Å². The fourth-order valence-electron chi connectivity index (χ4n) is 2.08. The summed E-state index contributed by atoms with van der Waals surface area (Å²) in [6.45, 7) is 3.99. The fraction of sp³-hybridized carbons (Fsp3) is 0.938. The van der Waals surface area contributed by atoms with Gasteiger partial charge in [-0.1, -0.05) is 51.9 Å². The van der Waals surface area contributed by atoms with Crippen molar-refractivity contribution in [2.45, 2.75) is 71.1 Å². The molecule has 0 radical (unpaired) electrons. The Labute approximate surface area is 124 Å². The second-order valence-electron chi connectivity index (χ2n) is 5.26. The number of carbonyl (C=O) groups is 1. The quantitative estimate of drug-likeness (QED) is 0.455. The maximum atomic E-state index is 11.5. The van der Waals surface area contributed by atoms with Gasteiger partial charge < -0.3 is 15.2 Å². The Kier molecular flexibility index (Phi) is 15.9. The number of rotatable bonds is 15. The van der Waals surface area contributed by atoms with Crippen molar-refractivity contribution >= 4 is 5.91 Å². The number of carbonyl (C=O) groups excluding carboxylic acids is 1. The van der Waals surface area contributed by atoms with Crippen LogP contribution in [0.3, 0.4) is 0 Å². The average molecular weight is 287 g/mol. The zero-order valence-electron chi connectivity index (χ0n) is 13.2. The van der Waals surface area contributed by atoms with Crippen molar-refractivity contribution in [2.75, 3.05) is 26.4 Å². The van der Waals surface area contributed by atoms with E-state index < -0.39 is 0 Å². The van der Waals surface area contributed by atoms with Crippen LogP contribution >= 0.6 is 0 Å². The maximum Gasteiger partial charge on any atom is 0.220 e. The largest absolute Gasteiger partial charge is 0.394 e. The topological polar surface area (TPSA) is 58.6 Å². The fourth-order valence-corrected chi connectivity index (χ4v) is 2.08. The highest BCUT2D eigenvalue weighted by atomic mass is 16.5. The summed E-state index contributed by atoms with van der Waals surface area (Å²) < 4.78 is 5.10. The summed E-state index contributed by atoms with van der Waals surface area (Å²) in [7, 11) is 0. The number of hydrogen-bond donors (Lipinski definition) is 2. The molecule has 2 N–H and O–H groups in total. The minimum Gasteiger partial charge on any atom is -0.394 e. The van der Waals surface area contributed by atoms with Crippen LogP contribution in [0.2, 0.25) is 0 Å². The van der Waals surface area contributed by atoms with E-state index in [4.69, 9.17) is 9.84 Å². The predicted molar refractivity (Wildman–Crippen MR) is 82.8 cm³/mol. The zero-order valence-corrected chi connectivity index (χ0v) is 13.2. The molecule has 0 aromatic heterocycles. The first-order valence-electron chi connectivity index (χ1n) is 8.26. The summed E-state index contributed by atoms with van der Waals surface area (Å²) in [5, 5.41) is 11.5. The molecule has 0 rings (SSSR count). The Morgan fingerprint density at radius 3 is 2.25 bits per heavy atom. The Morgan fingerprint density at radius 1 is 0.950 bits per heavy atom. The average Bonchev–Trinajstić information content (AvgIpc) is 2.45. The third-order valence-electron chi connectivity index (χ3n) is 3.28. The van der Waals surface area contributed by atoms with Crippen LogP contribution < -0.4 is 5.32 Å². The Balaban J connectivity index is 3.11. The van der Waals surface area contributed by atoms with Crippen molar-refractivity contribution in [3.05, 3.63) is 0 Å². The summed E-state index contributed by atoms with van der Waals surface area (Å²) in [5.41, 5.74) is 0. The van der Waals surface area contributed by atoms with Crippen molar-refractivity contribution < 1.29 is 14.6 Å². The van der Waals surface area contributed by atoms with Gasteiger partial charge in [-0.15, -0.1) is 0 Å². The first-order valence-corrected chi connectivity index (χ1v) is 8.26. The van der Waals surface area contributed by atoms with Crippen LogP contribution in [0.1, 0.15) is 71.1 Å². The molecule has 0 atom stereocenters. The van der Waals surface area contributed by atoms with Crippen LogP contribution in [0.25, 0.3) is 0 Å². The van der Waals surface area contributed by atoms with Gasteiger partial charge in [0.05, 0.1) is 13.2 Å². The standard InChI is InChI=1S/C16H33NO3/c1-2-3-4-5-6-7-8-9-12-17-16(19)11-10-14-20-15-13-18/h18H,2-15H2,1H3,(H,17,19). The van der Waals surface area contributed by atoms with E-state index in [1.54, 1.807) is 0 Å². The lowest BCUT2D eigenvalue weighted by molar-refractivity contribution is -0.121. The zero-order chi connectivity index (χ0) is 14.9. The predicted octanol–water partition coefficient (Wildman–Crippen LogP) is 3.03. The summed E-state index contributed by atoms with van der Waals surface area (Å²) in [5.74, 6) is 0.112. The van der Waals surface area contributed by atoms with E-state index in [1.807, 2.05) is 0 Å². The van der Waals surface area contributed by atoms with Gasteiger partial charge in [-0.25, -0.2) is 0 Å². The molecule has 0 aliphatic rings. The van der Waals surface area contributed by atoms with E-state index >= 15 is 0 Å². The maximum absolute atomic E-state index is 11.5. The molecule has 0 saturated heterocycles. The van der Waals surface area contributed by atoms with E-state index in [-0.39, 0.29) is 12.5 Å². The third kappa shape index (κ3) is 15.4. The third-order valence-corrected chi connectivity index (χ3v) is 3.28. The Hall–Kier alpha value is -0.610. The van der Waals surface area contributed by atoms with Crippen molar-refractivity contribution in [3.63, 3.8) is 0 Å². The van der Waals surface area contributed by atoms with Crippen molar-refractivity contribution in [1.29, 1.82) is 0 Å². The molecule has 0 fully saturated rings. The van der Waals surface area contributed by atoms with Crippen LogP contribution in [-0.2, 0) is 9.53 Å². The van der Waals surface area contributed by atoms with E-state index in [9.17, 15) is 4.79 Å². The monoisotopic (exact) mass is 287 g/mol. The highest BCUT2D eigenvalue weighted by molar-refractivity contribution is 5.75. The number of ether oxygens (including phenoxy) is 1. The molecule has 0 bridgehead atoms. The molecule has 0 spiro atoms. The molecule has 1 amide bonds. The van der Waals surface area contributed by atoms with Crippen LogP contribution in [0.4, 0.5) is 0 Å². The van der Waals surface area contributed by atoms with Gasteiger partial charge in [0.25, 0.3) is 0 Å². The molecule has 0 aliphatic heterocycles. The van der Waals surface area contributed by atoms with Gasteiger partial charge in [-0.2, -0.15) is 0 Å². The lowest BCUT2D eigenvalue weighted by Gasteiger charge is -2.05. The van der Waals surface area contributed by atoms with Crippen LogP contribution in [0.15, 0.2) is 0 Å². The van der Waals surface area contributed by atoms with Gasteiger partial charge in [-0.3, -0.25) is 4.79 Å². The molecule has 0 aliphatic carbocycles. The SMILES string of the molecule is CCCCCCCCCCNC(=O)CCCOCCO. The highest BCUT2D eigenvalue weighted by Crippen LogP contribution is 2.07. The number of nitrogens with one attached hydrogen (secondary N) is 1. The van der Waals surface area contributed by atoms with Gasteiger partial charge in [0.15, 0.2) is 0 Å². The van der Waals surface area contributed by atoms with E-state index in [2.05, 4.69) is 12.2 Å². The molecular weight excluding hydrogens is 254 g/mol. The second-order valence-corrected chi connectivity index (χ2v) is 5.26. The Bertz CT molecular complexity index is 210. The first-order chi connectivity index (χ1) is 9.81. The minimum absolute atomic E-state index is 0.0463. The number of aliphatic hydroxyl groups excluding tert-OH is 1. The van der Waals surface area contributed by atoms with Gasteiger partial charge in [0.2, 0.25) is 5.91 Å². The molecule has 0 unspecified atom stereocenters. The highest BCUT2D eigenvalue weighted by Gasteiger charge is 2.00. The van der Waals surface area contributed by atoms with Gasteiger partial charge >= 0.3 is 0 Å². The lowest BCUT2D eigenvalue weighted by atomic mass is 10.1. The Morgan fingerprint density at radius 2 is 1.60 bits per heavy atom. The van der Waals surface area contributed by atoms with Crippen LogP contribution in [0, 0.1) is 0 Å². The van der Waals surface area contributed by atoms with E-state index in [1.165, 1.54) is 44.9 Å². The van der Waals surface area contributed by atoms with Crippen molar-refractivity contribution in [2.24, 2.45) is 0 Å². The molecule has 120 valence electrons. The number of unbranched alkanes of at least 4 members (excludes halogenated alkanes) is 7. The number of amides is 1. The van der Waals surface area contributed by atoms with Crippen molar-refractivity contribution in [1.82, 2.24) is 5.32 Å². The molecule has 4 nitrogen and oxygen atoms in total. The number of hydrogen-bond acceptors (Lipinski definition) is 3. The van der Waals surface area contributed by atoms with E-state index in [0.29, 0.717) is 19.6 Å². The first kappa shape index (κ1) is 19.4. The number of aliphatic hydroxyl groups is 1. The normalized spacial score (nSPS) is 10.7. The van der Waals surface area contributed by atoms with Crippen molar-refractivity contribution in [3.8, 4) is 0 Å². The smallest absolute Gasteiger partial charge is 0.220 e. The molecular formula is C16H33NO3. The summed E-state index contributed by atoms with van der Waals surface area (Å²) >= 11 is 0. The van der Waals surface area contributed by atoms with Gasteiger partial charge in [0, 0.05) is 19.6 Å². The van der Waals surface area contributed by atoms with Crippen LogP contribution in [0.5, 0.6) is 0 Å². The lowest BCUT2D eigenvalue weighted by Crippen LogP contribution is -2.24. The molecule has 4 heteroatoms. The molecule has 20 heavy (non-hydrogen) atoms. The summed E-state index contributed by atoms with van der Waals surface area (Å²) in [6, 6.07) is 0. The van der Waals surface area contributed by atoms with Gasteiger partial charge in [-0.05, 0) is 12.8 Å². The molecule has 0 aromatic rings. The summed E-state index contributed by atoms with van der Waals surface area (Å²) in [4.78, 5) is 11.5.